The number of carbonyl (C=O) groups is 1. The summed E-state index contributed by atoms with van der Waals surface area (Å²) >= 11 is 0. The minimum absolute atomic E-state index is 0.0413. The molecule has 122 valence electrons. The van der Waals surface area contributed by atoms with Crippen molar-refractivity contribution in [2.75, 3.05) is 20.7 Å². The first kappa shape index (κ1) is 16.6. The average molecular weight is 306 g/mol. The van der Waals surface area contributed by atoms with E-state index in [2.05, 4.69) is 10.6 Å². The Balaban J connectivity index is 1.91. The lowest BCUT2D eigenvalue weighted by molar-refractivity contribution is -0.121. The van der Waals surface area contributed by atoms with Gasteiger partial charge in [0.25, 0.3) is 0 Å². The van der Waals surface area contributed by atoms with Crippen molar-refractivity contribution in [1.82, 2.24) is 10.6 Å². The number of methoxy groups -OCH3 is 1. The van der Waals surface area contributed by atoms with Gasteiger partial charge in [0, 0.05) is 19.5 Å². The summed E-state index contributed by atoms with van der Waals surface area (Å²) in [4.78, 5) is 11.6. The molecule has 1 saturated carbocycles. The third kappa shape index (κ3) is 4.91. The van der Waals surface area contributed by atoms with E-state index in [1.807, 2.05) is 25.2 Å². The van der Waals surface area contributed by atoms with Crippen molar-refractivity contribution in [3.63, 3.8) is 0 Å². The van der Waals surface area contributed by atoms with Crippen LogP contribution in [0, 0.1) is 0 Å². The van der Waals surface area contributed by atoms with Gasteiger partial charge in [0.15, 0.2) is 11.5 Å². The lowest BCUT2D eigenvalue weighted by Crippen LogP contribution is -2.26. The third-order valence-corrected chi connectivity index (χ3v) is 3.92. The maximum absolute atomic E-state index is 11.6. The van der Waals surface area contributed by atoms with Gasteiger partial charge in [-0.2, -0.15) is 0 Å². The molecule has 1 aromatic carbocycles. The standard InChI is InChI=1S/C17H26N2O3/c1-18-10-9-17(20)19-12-13-7-8-15(16(11-13)21-2)22-14-5-3-4-6-14/h7-8,11,14,18H,3-6,9-10,12H2,1-2H3,(H,19,20). The molecule has 1 aromatic rings. The Morgan fingerprint density at radius 1 is 1.27 bits per heavy atom. The fourth-order valence-corrected chi connectivity index (χ4v) is 2.63. The average Bonchev–Trinajstić information content (AvgIpc) is 3.04. The lowest BCUT2D eigenvalue weighted by atomic mass is 10.2. The Labute approximate surface area is 132 Å². The van der Waals surface area contributed by atoms with Crippen LogP contribution in [0.15, 0.2) is 18.2 Å². The second-order valence-corrected chi connectivity index (χ2v) is 5.64. The molecule has 2 rings (SSSR count). The van der Waals surface area contributed by atoms with E-state index in [1.165, 1.54) is 12.8 Å². The number of ether oxygens (including phenoxy) is 2. The largest absolute Gasteiger partial charge is 0.493 e. The van der Waals surface area contributed by atoms with Crippen molar-refractivity contribution >= 4 is 5.91 Å². The van der Waals surface area contributed by atoms with E-state index < -0.39 is 0 Å². The minimum Gasteiger partial charge on any atom is -0.493 e. The summed E-state index contributed by atoms with van der Waals surface area (Å²) in [6, 6.07) is 5.85. The van der Waals surface area contributed by atoms with E-state index in [0.29, 0.717) is 25.6 Å². The molecular formula is C17H26N2O3. The number of hydrogen-bond donors (Lipinski definition) is 2. The van der Waals surface area contributed by atoms with Crippen molar-refractivity contribution in [3.8, 4) is 11.5 Å². The molecule has 5 nitrogen and oxygen atoms in total. The van der Waals surface area contributed by atoms with Crippen molar-refractivity contribution < 1.29 is 14.3 Å². The van der Waals surface area contributed by atoms with Gasteiger partial charge in [-0.15, -0.1) is 0 Å². The molecule has 22 heavy (non-hydrogen) atoms. The zero-order chi connectivity index (χ0) is 15.8. The molecule has 0 atom stereocenters. The zero-order valence-corrected chi connectivity index (χ0v) is 13.5. The van der Waals surface area contributed by atoms with Crippen LogP contribution < -0.4 is 20.1 Å². The van der Waals surface area contributed by atoms with E-state index >= 15 is 0 Å². The fourth-order valence-electron chi connectivity index (χ4n) is 2.63. The normalized spacial score (nSPS) is 14.8. The number of nitrogens with one attached hydrogen (secondary N) is 2. The van der Waals surface area contributed by atoms with Crippen LogP contribution in [0.1, 0.15) is 37.7 Å². The molecule has 2 N–H and O–H groups in total. The summed E-state index contributed by atoms with van der Waals surface area (Å²) in [5.41, 5.74) is 1.01. The van der Waals surface area contributed by atoms with Crippen molar-refractivity contribution in [3.05, 3.63) is 23.8 Å². The Kier molecular flexibility index (Phi) is 6.52. The highest BCUT2D eigenvalue weighted by molar-refractivity contribution is 5.76. The van der Waals surface area contributed by atoms with Gasteiger partial charge in [0.1, 0.15) is 0 Å². The van der Waals surface area contributed by atoms with Crippen LogP contribution in [-0.4, -0.2) is 32.7 Å². The number of hydrogen-bond acceptors (Lipinski definition) is 4. The van der Waals surface area contributed by atoms with Gasteiger partial charge in [-0.25, -0.2) is 0 Å². The van der Waals surface area contributed by atoms with Crippen LogP contribution in [-0.2, 0) is 11.3 Å². The molecule has 0 spiro atoms. The molecule has 0 aliphatic heterocycles. The molecule has 1 fully saturated rings. The van der Waals surface area contributed by atoms with Crippen LogP contribution in [0.4, 0.5) is 0 Å². The molecule has 1 amide bonds. The minimum atomic E-state index is 0.0413. The first-order chi connectivity index (χ1) is 10.7. The van der Waals surface area contributed by atoms with Crippen molar-refractivity contribution in [2.24, 2.45) is 0 Å². The summed E-state index contributed by atoms with van der Waals surface area (Å²) in [5.74, 6) is 1.56. The second kappa shape index (κ2) is 8.63. The highest BCUT2D eigenvalue weighted by Gasteiger charge is 2.18. The highest BCUT2D eigenvalue weighted by Crippen LogP contribution is 2.32. The first-order valence-corrected chi connectivity index (χ1v) is 7.98. The molecule has 0 heterocycles. The van der Waals surface area contributed by atoms with Crippen LogP contribution in [0.25, 0.3) is 0 Å². The molecule has 0 radical (unpaired) electrons. The van der Waals surface area contributed by atoms with Gasteiger partial charge < -0.3 is 20.1 Å². The van der Waals surface area contributed by atoms with E-state index in [-0.39, 0.29) is 5.91 Å². The topological polar surface area (TPSA) is 59.6 Å². The van der Waals surface area contributed by atoms with Crippen LogP contribution in [0.5, 0.6) is 11.5 Å². The number of amides is 1. The third-order valence-electron chi connectivity index (χ3n) is 3.92. The maximum atomic E-state index is 11.6. The Morgan fingerprint density at radius 2 is 2.05 bits per heavy atom. The number of rotatable bonds is 8. The van der Waals surface area contributed by atoms with Gasteiger partial charge in [0.05, 0.1) is 13.2 Å². The zero-order valence-electron chi connectivity index (χ0n) is 13.5. The van der Waals surface area contributed by atoms with Crippen molar-refractivity contribution in [1.29, 1.82) is 0 Å². The summed E-state index contributed by atoms with van der Waals surface area (Å²) in [7, 11) is 3.48. The Hall–Kier alpha value is -1.75. The van der Waals surface area contributed by atoms with E-state index in [0.717, 1.165) is 29.9 Å². The molecule has 1 aliphatic carbocycles. The molecule has 0 bridgehead atoms. The van der Waals surface area contributed by atoms with E-state index in [1.54, 1.807) is 7.11 Å². The van der Waals surface area contributed by atoms with Crippen LogP contribution in [0.2, 0.25) is 0 Å². The van der Waals surface area contributed by atoms with Gasteiger partial charge in [0.2, 0.25) is 5.91 Å². The molecule has 5 heteroatoms. The maximum Gasteiger partial charge on any atom is 0.221 e. The predicted octanol–water partition coefficient (Wildman–Crippen LogP) is 2.24. The summed E-state index contributed by atoms with van der Waals surface area (Å²) in [6.07, 6.45) is 5.50. The molecule has 0 aromatic heterocycles. The number of benzene rings is 1. The molecule has 1 aliphatic rings. The predicted molar refractivity (Wildman–Crippen MR) is 86.3 cm³/mol. The van der Waals surface area contributed by atoms with Crippen LogP contribution >= 0.6 is 0 Å². The van der Waals surface area contributed by atoms with Gasteiger partial charge in [-0.05, 0) is 50.4 Å². The van der Waals surface area contributed by atoms with Crippen molar-refractivity contribution in [2.45, 2.75) is 44.8 Å². The monoisotopic (exact) mass is 306 g/mol. The fraction of sp³-hybridized carbons (Fsp3) is 0.588. The first-order valence-electron chi connectivity index (χ1n) is 7.98. The van der Waals surface area contributed by atoms with Crippen LogP contribution in [0.3, 0.4) is 0 Å². The smallest absolute Gasteiger partial charge is 0.221 e. The van der Waals surface area contributed by atoms with Gasteiger partial charge in [-0.3, -0.25) is 4.79 Å². The quantitative estimate of drug-likeness (QED) is 0.773. The number of carbonyl (C=O) groups excluding carboxylic acids is 1. The highest BCUT2D eigenvalue weighted by atomic mass is 16.5. The summed E-state index contributed by atoms with van der Waals surface area (Å²) < 4.78 is 11.4. The Morgan fingerprint density at radius 3 is 2.73 bits per heavy atom. The van der Waals surface area contributed by atoms with Gasteiger partial charge >= 0.3 is 0 Å². The van der Waals surface area contributed by atoms with Gasteiger partial charge in [-0.1, -0.05) is 6.07 Å². The molecular weight excluding hydrogens is 280 g/mol. The summed E-state index contributed by atoms with van der Waals surface area (Å²) in [5, 5.41) is 5.86. The lowest BCUT2D eigenvalue weighted by Gasteiger charge is -2.16. The van der Waals surface area contributed by atoms with E-state index in [4.69, 9.17) is 9.47 Å². The molecule has 0 unspecified atom stereocenters. The van der Waals surface area contributed by atoms with E-state index in [9.17, 15) is 4.79 Å². The molecule has 0 saturated heterocycles. The summed E-state index contributed by atoms with van der Waals surface area (Å²) in [6.45, 7) is 1.19. The second-order valence-electron chi connectivity index (χ2n) is 5.64. The SMILES string of the molecule is CNCCC(=O)NCc1ccc(OC2CCCC2)c(OC)c1. The Bertz CT molecular complexity index is 485.